The smallest absolute Gasteiger partial charge is 0.308 e. The summed E-state index contributed by atoms with van der Waals surface area (Å²) in [6.45, 7) is 3.17. The summed E-state index contributed by atoms with van der Waals surface area (Å²) >= 11 is 0. The van der Waals surface area contributed by atoms with Gasteiger partial charge in [-0.3, -0.25) is 4.79 Å². The number of benzene rings is 2. The Labute approximate surface area is 155 Å². The number of hydrogen-bond acceptors (Lipinski definition) is 7. The normalized spacial score (nSPS) is 11.3. The first-order valence-corrected chi connectivity index (χ1v) is 8.15. The third kappa shape index (κ3) is 4.14. The third-order valence-electron chi connectivity index (χ3n) is 3.74. The van der Waals surface area contributed by atoms with Crippen molar-refractivity contribution in [3.05, 3.63) is 53.9 Å². The second-order valence-electron chi connectivity index (χ2n) is 5.77. The number of aromatic hydroxyl groups is 1. The van der Waals surface area contributed by atoms with Crippen molar-refractivity contribution in [2.75, 3.05) is 7.11 Å². The van der Waals surface area contributed by atoms with Gasteiger partial charge in [-0.1, -0.05) is 23.4 Å². The molecule has 27 heavy (non-hydrogen) atoms. The zero-order valence-corrected chi connectivity index (χ0v) is 15.1. The molecule has 138 valence electrons. The average molecular weight is 366 g/mol. The first kappa shape index (κ1) is 18.2. The summed E-state index contributed by atoms with van der Waals surface area (Å²) in [5.74, 6) is 1.07. The van der Waals surface area contributed by atoms with Gasteiger partial charge in [-0.2, -0.15) is 4.98 Å². The monoisotopic (exact) mass is 366 g/mol. The van der Waals surface area contributed by atoms with Crippen molar-refractivity contribution in [2.24, 2.45) is 0 Å². The Balaban J connectivity index is 1.88. The van der Waals surface area contributed by atoms with Gasteiger partial charge in [0.2, 0.25) is 0 Å². The van der Waals surface area contributed by atoms with E-state index in [9.17, 15) is 9.90 Å². The van der Waals surface area contributed by atoms with E-state index >= 15 is 0 Å². The van der Waals surface area contributed by atoms with Crippen LogP contribution in [0.2, 0.25) is 0 Å². The van der Waals surface area contributed by atoms with Gasteiger partial charge in [-0.15, -0.1) is 0 Å². The molecule has 0 saturated carbocycles. The molecule has 1 N–H and O–H groups in total. The number of nitrogens with zero attached hydrogens (tertiary/aromatic N) is 2. The lowest BCUT2D eigenvalue weighted by Gasteiger charge is -2.08. The molecule has 2 aromatic carbocycles. The van der Waals surface area contributed by atoms with Crippen LogP contribution >= 0.6 is 0 Å². The maximum Gasteiger partial charge on any atom is 0.308 e. The van der Waals surface area contributed by atoms with Crippen LogP contribution in [0.4, 0.5) is 0 Å². The minimum atomic E-state index is -0.420. The van der Waals surface area contributed by atoms with Crippen LogP contribution in [-0.4, -0.2) is 28.3 Å². The van der Waals surface area contributed by atoms with E-state index in [0.717, 1.165) is 11.1 Å². The van der Waals surface area contributed by atoms with Gasteiger partial charge in [0.15, 0.2) is 17.3 Å². The fourth-order valence-corrected chi connectivity index (χ4v) is 2.48. The van der Waals surface area contributed by atoms with E-state index in [1.54, 1.807) is 42.5 Å². The number of rotatable bonds is 5. The van der Waals surface area contributed by atoms with Crippen molar-refractivity contribution in [2.45, 2.75) is 13.8 Å². The molecule has 0 fully saturated rings. The zero-order chi connectivity index (χ0) is 19.4. The lowest BCUT2D eigenvalue weighted by molar-refractivity contribution is -0.132. The quantitative estimate of drug-likeness (QED) is 0.540. The van der Waals surface area contributed by atoms with Crippen LogP contribution in [0.5, 0.6) is 17.2 Å². The second-order valence-corrected chi connectivity index (χ2v) is 5.77. The fraction of sp³-hybridized carbons (Fsp3) is 0.150. The van der Waals surface area contributed by atoms with Crippen molar-refractivity contribution in [3.63, 3.8) is 0 Å². The molecule has 0 unspecified atom stereocenters. The molecule has 7 heteroatoms. The van der Waals surface area contributed by atoms with Gasteiger partial charge in [0.1, 0.15) is 5.75 Å². The molecule has 0 saturated heterocycles. The number of ether oxygens (including phenoxy) is 2. The molecule has 0 radical (unpaired) electrons. The van der Waals surface area contributed by atoms with Gasteiger partial charge in [-0.25, -0.2) is 0 Å². The van der Waals surface area contributed by atoms with Crippen LogP contribution in [0, 0.1) is 0 Å². The molecule has 3 aromatic rings. The number of carbonyl (C=O) groups is 1. The number of carbonyl (C=O) groups excluding carboxylic acids is 1. The standard InChI is InChI=1S/C20H18N2O5/c1-12(10-14-8-9-17(26-13(2)23)18(11-14)25-3)19-21-20(27-22-19)15-6-4-5-7-16(15)24/h4-11,24H,1-3H3/b12-10+. The van der Waals surface area contributed by atoms with E-state index < -0.39 is 5.97 Å². The third-order valence-corrected chi connectivity index (χ3v) is 3.74. The summed E-state index contributed by atoms with van der Waals surface area (Å²) < 4.78 is 15.6. The van der Waals surface area contributed by atoms with Crippen LogP contribution in [0.15, 0.2) is 47.0 Å². The van der Waals surface area contributed by atoms with Gasteiger partial charge in [0.25, 0.3) is 5.89 Å². The highest BCUT2D eigenvalue weighted by Crippen LogP contribution is 2.31. The maximum atomic E-state index is 11.1. The zero-order valence-electron chi connectivity index (χ0n) is 15.1. The minimum Gasteiger partial charge on any atom is -0.507 e. The Bertz CT molecular complexity index is 1010. The molecule has 7 nitrogen and oxygen atoms in total. The summed E-state index contributed by atoms with van der Waals surface area (Å²) in [7, 11) is 1.50. The van der Waals surface area contributed by atoms with E-state index in [1.165, 1.54) is 14.0 Å². The number of aromatic nitrogens is 2. The first-order chi connectivity index (χ1) is 13.0. The van der Waals surface area contributed by atoms with Crippen LogP contribution < -0.4 is 9.47 Å². The molecular weight excluding hydrogens is 348 g/mol. The SMILES string of the molecule is COc1cc(/C=C(\C)c2noc(-c3ccccc3O)n2)ccc1OC(C)=O. The van der Waals surface area contributed by atoms with E-state index in [-0.39, 0.29) is 11.6 Å². The van der Waals surface area contributed by atoms with Crippen molar-refractivity contribution in [3.8, 4) is 28.7 Å². The van der Waals surface area contributed by atoms with Gasteiger partial charge in [0, 0.05) is 6.92 Å². The topological polar surface area (TPSA) is 94.7 Å². The van der Waals surface area contributed by atoms with Gasteiger partial charge in [-0.05, 0) is 48.4 Å². The summed E-state index contributed by atoms with van der Waals surface area (Å²) in [5.41, 5.74) is 2.04. The first-order valence-electron chi connectivity index (χ1n) is 8.15. The molecule has 0 aliphatic heterocycles. The summed E-state index contributed by atoms with van der Waals surface area (Å²) in [4.78, 5) is 15.5. The molecular formula is C20H18N2O5. The van der Waals surface area contributed by atoms with E-state index in [4.69, 9.17) is 14.0 Å². The Kier molecular flexibility index (Phi) is 5.21. The molecule has 0 bridgehead atoms. The van der Waals surface area contributed by atoms with E-state index in [0.29, 0.717) is 22.9 Å². The minimum absolute atomic E-state index is 0.0696. The van der Waals surface area contributed by atoms with Crippen LogP contribution in [0.1, 0.15) is 25.2 Å². The lowest BCUT2D eigenvalue weighted by atomic mass is 10.1. The molecule has 0 aliphatic rings. The summed E-state index contributed by atoms with van der Waals surface area (Å²) in [6, 6.07) is 11.9. The van der Waals surface area contributed by atoms with Gasteiger partial charge in [0.05, 0.1) is 12.7 Å². The predicted octanol–water partition coefficient (Wildman–Crippen LogP) is 3.94. The maximum absolute atomic E-state index is 11.1. The molecule has 0 spiro atoms. The Hall–Kier alpha value is -3.61. The highest BCUT2D eigenvalue weighted by Gasteiger charge is 2.14. The van der Waals surface area contributed by atoms with Crippen molar-refractivity contribution < 1.29 is 23.9 Å². The summed E-state index contributed by atoms with van der Waals surface area (Å²) in [5, 5.41) is 13.9. The van der Waals surface area contributed by atoms with Crippen LogP contribution in [0.25, 0.3) is 23.1 Å². The number of hydrogen-bond donors (Lipinski definition) is 1. The molecule has 1 heterocycles. The fourth-order valence-electron chi connectivity index (χ4n) is 2.48. The molecule has 0 atom stereocenters. The number of methoxy groups -OCH3 is 1. The summed E-state index contributed by atoms with van der Waals surface area (Å²) in [6.07, 6.45) is 1.85. The van der Waals surface area contributed by atoms with Gasteiger partial charge >= 0.3 is 5.97 Å². The van der Waals surface area contributed by atoms with E-state index in [2.05, 4.69) is 10.1 Å². The second kappa shape index (κ2) is 7.74. The van der Waals surface area contributed by atoms with Crippen molar-refractivity contribution >= 4 is 17.6 Å². The number of esters is 1. The average Bonchev–Trinajstić information content (AvgIpc) is 3.13. The number of phenols is 1. The Morgan fingerprint density at radius 3 is 2.63 bits per heavy atom. The molecule has 0 amide bonds. The van der Waals surface area contributed by atoms with E-state index in [1.807, 2.05) is 13.0 Å². The molecule has 3 rings (SSSR count). The van der Waals surface area contributed by atoms with Crippen LogP contribution in [-0.2, 0) is 4.79 Å². The molecule has 1 aromatic heterocycles. The predicted molar refractivity (Wildman–Crippen MR) is 99.2 cm³/mol. The largest absolute Gasteiger partial charge is 0.507 e. The van der Waals surface area contributed by atoms with Crippen LogP contribution in [0.3, 0.4) is 0 Å². The number of para-hydroxylation sites is 1. The van der Waals surface area contributed by atoms with Crippen molar-refractivity contribution in [1.29, 1.82) is 0 Å². The molecule has 0 aliphatic carbocycles. The Morgan fingerprint density at radius 2 is 1.93 bits per heavy atom. The van der Waals surface area contributed by atoms with Crippen molar-refractivity contribution in [1.82, 2.24) is 10.1 Å². The number of allylic oxidation sites excluding steroid dienone is 1. The lowest BCUT2D eigenvalue weighted by Crippen LogP contribution is -2.03. The highest BCUT2D eigenvalue weighted by molar-refractivity contribution is 5.79. The Morgan fingerprint density at radius 1 is 1.15 bits per heavy atom. The number of phenolic OH excluding ortho intramolecular Hbond substituents is 1. The van der Waals surface area contributed by atoms with Gasteiger partial charge < -0.3 is 19.1 Å². The highest BCUT2D eigenvalue weighted by atomic mass is 16.6.